The van der Waals surface area contributed by atoms with Gasteiger partial charge in [0.1, 0.15) is 5.82 Å². The average Bonchev–Trinajstić information content (AvgIpc) is 2.48. The predicted molar refractivity (Wildman–Crippen MR) is 78.7 cm³/mol. The van der Waals surface area contributed by atoms with E-state index in [9.17, 15) is 0 Å². The van der Waals surface area contributed by atoms with E-state index >= 15 is 0 Å². The van der Waals surface area contributed by atoms with Crippen molar-refractivity contribution in [2.75, 3.05) is 18.6 Å². The number of benzene rings is 1. The van der Waals surface area contributed by atoms with Gasteiger partial charge in [0.05, 0.1) is 18.2 Å². The number of nitriles is 1. The molecule has 0 saturated heterocycles. The van der Waals surface area contributed by atoms with E-state index in [0.29, 0.717) is 24.6 Å². The number of hydrogen-bond donors (Lipinski definition) is 0. The zero-order chi connectivity index (χ0) is 14.4. The molecule has 0 fully saturated rings. The molecule has 0 aliphatic carbocycles. The lowest BCUT2D eigenvalue weighted by molar-refractivity contribution is 0.327. The van der Waals surface area contributed by atoms with Crippen LogP contribution in [0.4, 0.5) is 5.82 Å². The van der Waals surface area contributed by atoms with Crippen molar-refractivity contribution in [2.45, 2.75) is 13.5 Å². The van der Waals surface area contributed by atoms with Crippen molar-refractivity contribution in [3.8, 4) is 11.9 Å². The molecular formula is C16H17N3O. The fourth-order valence-corrected chi connectivity index (χ4v) is 1.94. The number of pyridine rings is 1. The molecule has 1 heterocycles. The minimum atomic E-state index is 0.602. The van der Waals surface area contributed by atoms with Crippen molar-refractivity contribution in [2.24, 2.45) is 0 Å². The minimum absolute atomic E-state index is 0.602. The summed E-state index contributed by atoms with van der Waals surface area (Å²) in [7, 11) is 1.97. The maximum absolute atomic E-state index is 8.92. The molecule has 102 valence electrons. The molecule has 0 saturated carbocycles. The molecule has 0 amide bonds. The minimum Gasteiger partial charge on any atom is -0.478 e. The van der Waals surface area contributed by atoms with Crippen molar-refractivity contribution in [3.05, 3.63) is 53.6 Å². The van der Waals surface area contributed by atoms with E-state index in [2.05, 4.69) is 11.1 Å². The van der Waals surface area contributed by atoms with Crippen LogP contribution in [0.25, 0.3) is 0 Å². The van der Waals surface area contributed by atoms with Crippen LogP contribution in [-0.2, 0) is 6.54 Å². The molecule has 0 aliphatic rings. The predicted octanol–water partition coefficient (Wildman–Crippen LogP) is 2.99. The van der Waals surface area contributed by atoms with E-state index < -0.39 is 0 Å². The monoisotopic (exact) mass is 267 g/mol. The summed E-state index contributed by atoms with van der Waals surface area (Å²) < 4.78 is 5.40. The quantitative estimate of drug-likeness (QED) is 0.835. The molecule has 0 radical (unpaired) electrons. The maximum Gasteiger partial charge on any atom is 0.215 e. The van der Waals surface area contributed by atoms with Gasteiger partial charge in [0, 0.05) is 19.7 Å². The van der Waals surface area contributed by atoms with Crippen LogP contribution in [0.3, 0.4) is 0 Å². The summed E-state index contributed by atoms with van der Waals surface area (Å²) in [5.74, 6) is 1.47. The third-order valence-corrected chi connectivity index (χ3v) is 2.87. The fourth-order valence-electron chi connectivity index (χ4n) is 1.94. The van der Waals surface area contributed by atoms with E-state index in [-0.39, 0.29) is 0 Å². The van der Waals surface area contributed by atoms with Crippen LogP contribution in [-0.4, -0.2) is 18.6 Å². The smallest absolute Gasteiger partial charge is 0.215 e. The molecule has 0 spiro atoms. The lowest BCUT2D eigenvalue weighted by Crippen LogP contribution is -2.17. The van der Waals surface area contributed by atoms with Crippen LogP contribution >= 0.6 is 0 Å². The summed E-state index contributed by atoms with van der Waals surface area (Å²) in [4.78, 5) is 6.47. The Balaban J connectivity index is 2.13. The Kier molecular flexibility index (Phi) is 4.56. The van der Waals surface area contributed by atoms with E-state index in [1.807, 2.05) is 55.3 Å². The Morgan fingerprint density at radius 3 is 2.80 bits per heavy atom. The fraction of sp³-hybridized carbons (Fsp3) is 0.250. The molecule has 20 heavy (non-hydrogen) atoms. The normalized spacial score (nSPS) is 9.85. The summed E-state index contributed by atoms with van der Waals surface area (Å²) in [6.07, 6.45) is 0. The Morgan fingerprint density at radius 1 is 1.25 bits per heavy atom. The van der Waals surface area contributed by atoms with Crippen molar-refractivity contribution >= 4 is 5.82 Å². The number of rotatable bonds is 5. The molecule has 0 bridgehead atoms. The molecule has 1 aromatic heterocycles. The number of anilines is 1. The summed E-state index contributed by atoms with van der Waals surface area (Å²) in [6, 6.07) is 15.5. The maximum atomic E-state index is 8.92. The van der Waals surface area contributed by atoms with Crippen LogP contribution in [0, 0.1) is 11.3 Å². The van der Waals surface area contributed by atoms with Crippen LogP contribution in [0.1, 0.15) is 18.1 Å². The Bertz CT molecular complexity index is 619. The molecule has 2 rings (SSSR count). The molecule has 0 N–H and O–H groups in total. The Morgan fingerprint density at radius 2 is 2.05 bits per heavy atom. The molecule has 1 aromatic carbocycles. The van der Waals surface area contributed by atoms with Gasteiger partial charge in [-0.25, -0.2) is 0 Å². The van der Waals surface area contributed by atoms with Gasteiger partial charge in [-0.1, -0.05) is 18.2 Å². The lowest BCUT2D eigenvalue weighted by atomic mass is 10.1. The topological polar surface area (TPSA) is 49.1 Å². The summed E-state index contributed by atoms with van der Waals surface area (Å²) in [5, 5.41) is 8.92. The van der Waals surface area contributed by atoms with Crippen molar-refractivity contribution < 1.29 is 4.74 Å². The Labute approximate surface area is 119 Å². The van der Waals surface area contributed by atoms with E-state index in [4.69, 9.17) is 10.00 Å². The highest BCUT2D eigenvalue weighted by atomic mass is 16.5. The highest BCUT2D eigenvalue weighted by Gasteiger charge is 2.05. The second kappa shape index (κ2) is 6.58. The average molecular weight is 267 g/mol. The Hall–Kier alpha value is -2.54. The first-order valence-corrected chi connectivity index (χ1v) is 6.53. The molecular weight excluding hydrogens is 250 g/mol. The SMILES string of the molecule is CCOc1cccc(N(C)Cc2cccc(C#N)c2)n1. The van der Waals surface area contributed by atoms with Crippen LogP contribution < -0.4 is 9.64 Å². The van der Waals surface area contributed by atoms with Crippen LogP contribution in [0.5, 0.6) is 5.88 Å². The molecule has 0 unspecified atom stereocenters. The summed E-state index contributed by atoms with van der Waals surface area (Å²) >= 11 is 0. The van der Waals surface area contributed by atoms with Crippen molar-refractivity contribution in [1.29, 1.82) is 5.26 Å². The van der Waals surface area contributed by atoms with Gasteiger partial charge in [0.25, 0.3) is 0 Å². The largest absolute Gasteiger partial charge is 0.478 e. The molecule has 0 atom stereocenters. The first-order chi connectivity index (χ1) is 9.72. The number of ether oxygens (including phenoxy) is 1. The lowest BCUT2D eigenvalue weighted by Gasteiger charge is -2.19. The first kappa shape index (κ1) is 13.9. The van der Waals surface area contributed by atoms with E-state index in [1.165, 1.54) is 0 Å². The van der Waals surface area contributed by atoms with Gasteiger partial charge in [-0.15, -0.1) is 0 Å². The van der Waals surface area contributed by atoms with Gasteiger partial charge in [-0.05, 0) is 30.7 Å². The molecule has 2 aromatic rings. The second-order valence-corrected chi connectivity index (χ2v) is 4.44. The van der Waals surface area contributed by atoms with Gasteiger partial charge < -0.3 is 9.64 Å². The number of hydrogen-bond acceptors (Lipinski definition) is 4. The van der Waals surface area contributed by atoms with Crippen molar-refractivity contribution in [1.82, 2.24) is 4.98 Å². The van der Waals surface area contributed by atoms with Gasteiger partial charge in [0.15, 0.2) is 0 Å². The summed E-state index contributed by atoms with van der Waals surface area (Å²) in [6.45, 7) is 3.23. The number of nitrogens with zero attached hydrogens (tertiary/aromatic N) is 3. The molecule has 4 nitrogen and oxygen atoms in total. The van der Waals surface area contributed by atoms with Gasteiger partial charge in [-0.2, -0.15) is 10.2 Å². The standard InChI is InChI=1S/C16H17N3O/c1-3-20-16-9-5-8-15(18-16)19(2)12-14-7-4-6-13(10-14)11-17/h4-10H,3,12H2,1-2H3. The third kappa shape index (κ3) is 3.48. The number of aromatic nitrogens is 1. The highest BCUT2D eigenvalue weighted by Crippen LogP contribution is 2.17. The van der Waals surface area contributed by atoms with Crippen LogP contribution in [0.15, 0.2) is 42.5 Å². The van der Waals surface area contributed by atoms with Crippen molar-refractivity contribution in [3.63, 3.8) is 0 Å². The molecule has 0 aliphatic heterocycles. The third-order valence-electron chi connectivity index (χ3n) is 2.87. The van der Waals surface area contributed by atoms with E-state index in [1.54, 1.807) is 6.07 Å². The van der Waals surface area contributed by atoms with Gasteiger partial charge in [-0.3, -0.25) is 0 Å². The zero-order valence-electron chi connectivity index (χ0n) is 11.7. The first-order valence-electron chi connectivity index (χ1n) is 6.53. The zero-order valence-corrected chi connectivity index (χ0v) is 11.7. The van der Waals surface area contributed by atoms with Crippen LogP contribution in [0.2, 0.25) is 0 Å². The van der Waals surface area contributed by atoms with Gasteiger partial charge >= 0.3 is 0 Å². The highest BCUT2D eigenvalue weighted by molar-refractivity contribution is 5.42. The van der Waals surface area contributed by atoms with Gasteiger partial charge in [0.2, 0.25) is 5.88 Å². The molecule has 4 heteroatoms. The second-order valence-electron chi connectivity index (χ2n) is 4.44. The van der Waals surface area contributed by atoms with E-state index in [0.717, 1.165) is 11.4 Å². The summed E-state index contributed by atoms with van der Waals surface area (Å²) in [5.41, 5.74) is 1.75.